The number of carbonyl (C=O) groups is 2. The van der Waals surface area contributed by atoms with E-state index in [4.69, 9.17) is 4.74 Å². The zero-order valence-corrected chi connectivity index (χ0v) is 12.6. The summed E-state index contributed by atoms with van der Waals surface area (Å²) in [7, 11) is 3.18. The maximum Gasteiger partial charge on any atom is 0.415 e. The second kappa shape index (κ2) is 5.59. The highest BCUT2D eigenvalue weighted by Crippen LogP contribution is 2.31. The predicted molar refractivity (Wildman–Crippen MR) is 72.6 cm³/mol. The van der Waals surface area contributed by atoms with Crippen molar-refractivity contribution in [3.8, 4) is 0 Å². The summed E-state index contributed by atoms with van der Waals surface area (Å²) in [5, 5.41) is 5.67. The molecule has 0 atom stereocenters. The van der Waals surface area contributed by atoms with Crippen LogP contribution >= 0.6 is 0 Å². The van der Waals surface area contributed by atoms with E-state index in [1.807, 2.05) is 13.8 Å². The summed E-state index contributed by atoms with van der Waals surface area (Å²) >= 11 is 0. The quantitative estimate of drug-likeness (QED) is 0.787. The lowest BCUT2D eigenvalue weighted by molar-refractivity contribution is -0.137. The van der Waals surface area contributed by atoms with E-state index in [1.54, 1.807) is 27.9 Å². The molecule has 0 aromatic rings. The van der Waals surface area contributed by atoms with Crippen molar-refractivity contribution in [1.29, 1.82) is 0 Å². The lowest BCUT2D eigenvalue weighted by atomic mass is 9.92. The van der Waals surface area contributed by atoms with Crippen LogP contribution in [0.15, 0.2) is 5.10 Å². The largest absolute Gasteiger partial charge is 0.415 e. The Morgan fingerprint density at radius 1 is 1.37 bits per heavy atom. The second-order valence-corrected chi connectivity index (χ2v) is 5.41. The Kier molecular flexibility index (Phi) is 4.55. The Balaban J connectivity index is 2.98. The molecule has 1 heterocycles. The molecule has 0 fully saturated rings. The van der Waals surface area contributed by atoms with Crippen LogP contribution in [0.2, 0.25) is 0 Å². The lowest BCUT2D eigenvalue weighted by Crippen LogP contribution is -2.40. The molecule has 0 unspecified atom stereocenters. The number of hydrogen-bond acceptors (Lipinski definition) is 4. The van der Waals surface area contributed by atoms with Crippen LogP contribution in [0.3, 0.4) is 0 Å². The minimum Gasteiger partial charge on any atom is -0.392 e. The van der Waals surface area contributed by atoms with Gasteiger partial charge >= 0.3 is 6.09 Å². The van der Waals surface area contributed by atoms with Gasteiger partial charge in [-0.15, -0.1) is 5.10 Å². The van der Waals surface area contributed by atoms with E-state index in [9.17, 15) is 9.59 Å². The minimum atomic E-state index is -0.895. The van der Waals surface area contributed by atoms with Gasteiger partial charge in [-0.25, -0.2) is 9.80 Å². The molecule has 0 saturated carbocycles. The van der Waals surface area contributed by atoms with Gasteiger partial charge in [-0.2, -0.15) is 0 Å². The summed E-state index contributed by atoms with van der Waals surface area (Å²) < 4.78 is 5.20. The van der Waals surface area contributed by atoms with Crippen molar-refractivity contribution in [1.82, 2.24) is 9.91 Å². The zero-order valence-electron chi connectivity index (χ0n) is 12.6. The lowest BCUT2D eigenvalue weighted by Gasteiger charge is -2.24. The van der Waals surface area contributed by atoms with E-state index in [2.05, 4.69) is 5.10 Å². The highest BCUT2D eigenvalue weighted by molar-refractivity contribution is 6.10. The molecule has 0 radical (unpaired) electrons. The molecule has 6 heteroatoms. The third kappa shape index (κ3) is 2.88. The van der Waals surface area contributed by atoms with Gasteiger partial charge < -0.3 is 9.64 Å². The molecule has 19 heavy (non-hydrogen) atoms. The highest BCUT2D eigenvalue weighted by atomic mass is 16.6. The van der Waals surface area contributed by atoms with Crippen LogP contribution in [-0.2, 0) is 9.53 Å². The fraction of sp³-hybridized carbons (Fsp3) is 0.769. The van der Waals surface area contributed by atoms with Gasteiger partial charge in [-0.1, -0.05) is 13.8 Å². The van der Waals surface area contributed by atoms with Crippen molar-refractivity contribution >= 4 is 17.9 Å². The van der Waals surface area contributed by atoms with E-state index in [-0.39, 0.29) is 17.8 Å². The first kappa shape index (κ1) is 15.5. The monoisotopic (exact) mass is 269 g/mol. The molecule has 0 saturated heterocycles. The zero-order chi connectivity index (χ0) is 14.8. The predicted octanol–water partition coefficient (Wildman–Crippen LogP) is 2.06. The van der Waals surface area contributed by atoms with Crippen molar-refractivity contribution in [2.45, 2.75) is 46.6 Å². The first-order valence-electron chi connectivity index (χ1n) is 6.57. The molecule has 0 N–H and O–H groups in total. The number of rotatable bonds is 3. The number of nitrogens with zero attached hydrogens (tertiary/aromatic N) is 3. The van der Waals surface area contributed by atoms with Crippen LogP contribution in [0.5, 0.6) is 0 Å². The molecule has 6 nitrogen and oxygen atoms in total. The summed E-state index contributed by atoms with van der Waals surface area (Å²) in [5.41, 5.74) is -0.895. The van der Waals surface area contributed by atoms with Gasteiger partial charge in [0.1, 0.15) is 5.41 Å². The second-order valence-electron chi connectivity index (χ2n) is 5.41. The van der Waals surface area contributed by atoms with E-state index in [1.165, 1.54) is 9.91 Å². The van der Waals surface area contributed by atoms with Gasteiger partial charge in [0, 0.05) is 14.1 Å². The van der Waals surface area contributed by atoms with Gasteiger partial charge in [-0.05, 0) is 26.7 Å². The Bertz CT molecular complexity index is 398. The number of carbonyl (C=O) groups excluding carboxylic acids is 2. The summed E-state index contributed by atoms with van der Waals surface area (Å²) in [6.07, 6.45) is 1.11. The van der Waals surface area contributed by atoms with E-state index in [0.29, 0.717) is 0 Å². The standard InChI is InChI=1S/C13H23N3O3/c1-7-9(8-2)16-11(17)13(3,4)10(14-16)19-12(18)15(5)6/h9H,7-8H2,1-6H3. The van der Waals surface area contributed by atoms with Crippen molar-refractivity contribution in [2.75, 3.05) is 14.1 Å². The first-order valence-corrected chi connectivity index (χ1v) is 6.57. The smallest absolute Gasteiger partial charge is 0.392 e. The normalized spacial score (nSPS) is 17.7. The average Bonchev–Trinajstić information content (AvgIpc) is 2.55. The average molecular weight is 269 g/mol. The van der Waals surface area contributed by atoms with Gasteiger partial charge in [-0.3, -0.25) is 4.79 Å². The van der Waals surface area contributed by atoms with Crippen LogP contribution in [0.25, 0.3) is 0 Å². The molecule has 0 bridgehead atoms. The molecule has 108 valence electrons. The molecule has 0 spiro atoms. The van der Waals surface area contributed by atoms with E-state index < -0.39 is 11.5 Å². The van der Waals surface area contributed by atoms with Crippen LogP contribution in [0, 0.1) is 5.41 Å². The highest BCUT2D eigenvalue weighted by Gasteiger charge is 2.47. The maximum atomic E-state index is 12.4. The summed E-state index contributed by atoms with van der Waals surface area (Å²) in [4.78, 5) is 25.3. The minimum absolute atomic E-state index is 0.0438. The molecule has 1 rings (SSSR count). The van der Waals surface area contributed by atoms with Gasteiger partial charge in [0.25, 0.3) is 5.91 Å². The molecule has 0 aromatic carbocycles. The Morgan fingerprint density at radius 2 is 1.89 bits per heavy atom. The van der Waals surface area contributed by atoms with Crippen molar-refractivity contribution in [3.63, 3.8) is 0 Å². The molecular formula is C13H23N3O3. The van der Waals surface area contributed by atoms with E-state index >= 15 is 0 Å². The van der Waals surface area contributed by atoms with Crippen LogP contribution in [-0.4, -0.2) is 47.9 Å². The molecule has 1 aliphatic heterocycles. The van der Waals surface area contributed by atoms with Gasteiger partial charge in [0.2, 0.25) is 5.90 Å². The number of ether oxygens (including phenoxy) is 1. The molecule has 0 aromatic heterocycles. The number of hydrazone groups is 1. The third-order valence-corrected chi connectivity index (χ3v) is 3.31. The fourth-order valence-electron chi connectivity index (χ4n) is 1.85. The van der Waals surface area contributed by atoms with Gasteiger partial charge in [0.05, 0.1) is 6.04 Å². The van der Waals surface area contributed by atoms with Crippen LogP contribution in [0.1, 0.15) is 40.5 Å². The van der Waals surface area contributed by atoms with Crippen molar-refractivity contribution in [2.24, 2.45) is 10.5 Å². The third-order valence-electron chi connectivity index (χ3n) is 3.31. The molecule has 0 aliphatic carbocycles. The Hall–Kier alpha value is -1.59. The van der Waals surface area contributed by atoms with Crippen molar-refractivity contribution < 1.29 is 14.3 Å². The molecule has 2 amide bonds. The van der Waals surface area contributed by atoms with Crippen LogP contribution in [0.4, 0.5) is 4.79 Å². The molecule has 1 aliphatic rings. The number of amides is 2. The maximum absolute atomic E-state index is 12.4. The number of hydrogen-bond donors (Lipinski definition) is 0. The SMILES string of the molecule is CCC(CC)N1N=C(OC(=O)N(C)C)C(C)(C)C1=O. The first-order chi connectivity index (χ1) is 8.75. The van der Waals surface area contributed by atoms with Crippen molar-refractivity contribution in [3.05, 3.63) is 0 Å². The van der Waals surface area contributed by atoms with Crippen LogP contribution < -0.4 is 0 Å². The topological polar surface area (TPSA) is 62.2 Å². The Morgan fingerprint density at radius 3 is 2.32 bits per heavy atom. The summed E-state index contributed by atoms with van der Waals surface area (Å²) in [6, 6.07) is 0.0438. The summed E-state index contributed by atoms with van der Waals surface area (Å²) in [5.74, 6) is 0.0471. The molecular weight excluding hydrogens is 246 g/mol. The fourth-order valence-corrected chi connectivity index (χ4v) is 1.85. The van der Waals surface area contributed by atoms with E-state index in [0.717, 1.165) is 12.8 Å². The Labute approximate surface area is 114 Å². The summed E-state index contributed by atoms with van der Waals surface area (Å²) in [6.45, 7) is 7.46. The van der Waals surface area contributed by atoms with Gasteiger partial charge in [0.15, 0.2) is 0 Å².